The van der Waals surface area contributed by atoms with Gasteiger partial charge in [0.25, 0.3) is 0 Å². The smallest absolute Gasteiger partial charge is 0.227 e. The van der Waals surface area contributed by atoms with Gasteiger partial charge in [0.1, 0.15) is 0 Å². The van der Waals surface area contributed by atoms with Crippen molar-refractivity contribution >= 4 is 5.91 Å². The van der Waals surface area contributed by atoms with E-state index in [1.54, 1.807) is 0 Å². The summed E-state index contributed by atoms with van der Waals surface area (Å²) in [6, 6.07) is 0. The van der Waals surface area contributed by atoms with Gasteiger partial charge in [0.05, 0.1) is 5.41 Å². The highest BCUT2D eigenvalue weighted by molar-refractivity contribution is 5.83. The molecule has 0 aromatic carbocycles. The molecule has 0 bridgehead atoms. The van der Waals surface area contributed by atoms with Crippen LogP contribution in [0.1, 0.15) is 32.6 Å². The highest BCUT2D eigenvalue weighted by atomic mass is 16.2. The molecule has 2 N–H and O–H groups in total. The lowest BCUT2D eigenvalue weighted by atomic mass is 9.83. The molecule has 1 unspecified atom stereocenters. The summed E-state index contributed by atoms with van der Waals surface area (Å²) in [5.41, 5.74) is -0.102. The summed E-state index contributed by atoms with van der Waals surface area (Å²) >= 11 is 0. The first kappa shape index (κ1) is 9.97. The van der Waals surface area contributed by atoms with Crippen LogP contribution in [0.4, 0.5) is 0 Å². The molecule has 1 atom stereocenters. The average Bonchev–Trinajstić information content (AvgIpc) is 2.90. The van der Waals surface area contributed by atoms with Gasteiger partial charge >= 0.3 is 0 Å². The highest BCUT2D eigenvalue weighted by Gasteiger charge is 2.39. The highest BCUT2D eigenvalue weighted by Crippen LogP contribution is 2.31. The maximum atomic E-state index is 12.0. The molecular weight excluding hydrogens is 176 g/mol. The van der Waals surface area contributed by atoms with Crippen molar-refractivity contribution in [2.24, 2.45) is 11.3 Å². The number of hydrogen-bond acceptors (Lipinski definition) is 2. The summed E-state index contributed by atoms with van der Waals surface area (Å²) in [5, 5.41) is 6.39. The van der Waals surface area contributed by atoms with E-state index in [0.717, 1.165) is 38.4 Å². The Labute approximate surface area is 85.6 Å². The van der Waals surface area contributed by atoms with Crippen LogP contribution < -0.4 is 10.6 Å². The van der Waals surface area contributed by atoms with E-state index >= 15 is 0 Å². The standard InChI is InChI=1S/C11H20N2O/c1-2-11(5-6-12-8-11)10(14)13-7-9-3-4-9/h9,12H,2-8H2,1H3,(H,13,14). The fourth-order valence-corrected chi connectivity index (χ4v) is 2.15. The van der Waals surface area contributed by atoms with Gasteiger partial charge in [-0.05, 0) is 38.1 Å². The third-order valence-corrected chi connectivity index (χ3v) is 3.65. The number of hydrogen-bond donors (Lipinski definition) is 2. The molecule has 0 spiro atoms. The van der Waals surface area contributed by atoms with Crippen molar-refractivity contribution in [2.75, 3.05) is 19.6 Å². The molecular formula is C11H20N2O. The Kier molecular flexibility index (Phi) is 2.77. The topological polar surface area (TPSA) is 41.1 Å². The van der Waals surface area contributed by atoms with E-state index in [9.17, 15) is 4.79 Å². The molecule has 1 amide bonds. The van der Waals surface area contributed by atoms with Crippen LogP contribution in [0, 0.1) is 11.3 Å². The van der Waals surface area contributed by atoms with Gasteiger partial charge in [-0.2, -0.15) is 0 Å². The molecule has 80 valence electrons. The Morgan fingerprint density at radius 2 is 2.36 bits per heavy atom. The Balaban J connectivity index is 1.86. The number of nitrogens with one attached hydrogen (secondary N) is 2. The van der Waals surface area contributed by atoms with Gasteiger partial charge in [-0.25, -0.2) is 0 Å². The molecule has 1 heterocycles. The van der Waals surface area contributed by atoms with E-state index < -0.39 is 0 Å². The lowest BCUT2D eigenvalue weighted by Crippen LogP contribution is -2.42. The first-order valence-electron chi connectivity index (χ1n) is 5.76. The van der Waals surface area contributed by atoms with E-state index in [0.29, 0.717) is 0 Å². The second-order valence-corrected chi connectivity index (χ2v) is 4.71. The molecule has 0 aromatic rings. The van der Waals surface area contributed by atoms with E-state index in [1.807, 2.05) is 0 Å². The third-order valence-electron chi connectivity index (χ3n) is 3.65. The van der Waals surface area contributed by atoms with Crippen LogP contribution in [-0.4, -0.2) is 25.5 Å². The molecule has 1 aliphatic carbocycles. The maximum absolute atomic E-state index is 12.0. The van der Waals surface area contributed by atoms with E-state index in [-0.39, 0.29) is 11.3 Å². The summed E-state index contributed by atoms with van der Waals surface area (Å²) in [6.07, 6.45) is 4.56. The SMILES string of the molecule is CCC1(C(=O)NCC2CC2)CCNC1. The molecule has 1 saturated carbocycles. The van der Waals surface area contributed by atoms with Crippen molar-refractivity contribution in [1.82, 2.24) is 10.6 Å². The number of carbonyl (C=O) groups excluding carboxylic acids is 1. The van der Waals surface area contributed by atoms with Crippen molar-refractivity contribution in [2.45, 2.75) is 32.6 Å². The predicted molar refractivity (Wildman–Crippen MR) is 55.9 cm³/mol. The maximum Gasteiger partial charge on any atom is 0.227 e. The van der Waals surface area contributed by atoms with Crippen molar-refractivity contribution in [1.29, 1.82) is 0 Å². The third kappa shape index (κ3) is 1.92. The summed E-state index contributed by atoms with van der Waals surface area (Å²) in [7, 11) is 0. The molecule has 2 fully saturated rings. The summed E-state index contributed by atoms with van der Waals surface area (Å²) in [6.45, 7) is 4.87. The lowest BCUT2D eigenvalue weighted by molar-refractivity contribution is -0.130. The Hall–Kier alpha value is -0.570. The zero-order valence-corrected chi connectivity index (χ0v) is 8.94. The van der Waals surface area contributed by atoms with E-state index in [1.165, 1.54) is 12.8 Å². The molecule has 0 radical (unpaired) electrons. The molecule has 0 aromatic heterocycles. The molecule has 1 aliphatic heterocycles. The van der Waals surface area contributed by atoms with Crippen molar-refractivity contribution < 1.29 is 4.79 Å². The predicted octanol–water partition coefficient (Wildman–Crippen LogP) is 0.902. The molecule has 2 rings (SSSR count). The van der Waals surface area contributed by atoms with Gasteiger partial charge in [-0.3, -0.25) is 4.79 Å². The van der Waals surface area contributed by atoms with Crippen LogP contribution in [0.15, 0.2) is 0 Å². The average molecular weight is 196 g/mol. The second-order valence-electron chi connectivity index (χ2n) is 4.71. The van der Waals surface area contributed by atoms with Crippen molar-refractivity contribution in [3.05, 3.63) is 0 Å². The minimum atomic E-state index is -0.102. The minimum Gasteiger partial charge on any atom is -0.355 e. The minimum absolute atomic E-state index is 0.102. The number of rotatable bonds is 4. The van der Waals surface area contributed by atoms with Gasteiger partial charge in [-0.1, -0.05) is 6.92 Å². The Bertz CT molecular complexity index is 217. The zero-order valence-electron chi connectivity index (χ0n) is 8.94. The molecule has 2 aliphatic rings. The van der Waals surface area contributed by atoms with Gasteiger partial charge < -0.3 is 10.6 Å². The van der Waals surface area contributed by atoms with Crippen LogP contribution in [0.3, 0.4) is 0 Å². The monoisotopic (exact) mass is 196 g/mol. The lowest BCUT2D eigenvalue weighted by Gasteiger charge is -2.25. The van der Waals surface area contributed by atoms with E-state index in [2.05, 4.69) is 17.6 Å². The fraction of sp³-hybridized carbons (Fsp3) is 0.909. The van der Waals surface area contributed by atoms with Gasteiger partial charge in [0.15, 0.2) is 0 Å². The number of carbonyl (C=O) groups is 1. The number of amides is 1. The second kappa shape index (κ2) is 3.89. The van der Waals surface area contributed by atoms with Gasteiger partial charge in [-0.15, -0.1) is 0 Å². The van der Waals surface area contributed by atoms with Crippen LogP contribution in [0.2, 0.25) is 0 Å². The van der Waals surface area contributed by atoms with E-state index in [4.69, 9.17) is 0 Å². The summed E-state index contributed by atoms with van der Waals surface area (Å²) in [5.74, 6) is 1.05. The fourth-order valence-electron chi connectivity index (χ4n) is 2.15. The van der Waals surface area contributed by atoms with Crippen LogP contribution in [-0.2, 0) is 4.79 Å². The first-order valence-corrected chi connectivity index (χ1v) is 5.76. The quantitative estimate of drug-likeness (QED) is 0.701. The summed E-state index contributed by atoms with van der Waals surface area (Å²) in [4.78, 5) is 12.0. The Morgan fingerprint density at radius 1 is 1.57 bits per heavy atom. The zero-order chi connectivity index (χ0) is 10.0. The molecule has 14 heavy (non-hydrogen) atoms. The summed E-state index contributed by atoms with van der Waals surface area (Å²) < 4.78 is 0. The van der Waals surface area contributed by atoms with Crippen LogP contribution in [0.25, 0.3) is 0 Å². The molecule has 1 saturated heterocycles. The van der Waals surface area contributed by atoms with Crippen molar-refractivity contribution in [3.63, 3.8) is 0 Å². The van der Waals surface area contributed by atoms with Crippen LogP contribution >= 0.6 is 0 Å². The molecule has 3 nitrogen and oxygen atoms in total. The van der Waals surface area contributed by atoms with Crippen LogP contribution in [0.5, 0.6) is 0 Å². The van der Waals surface area contributed by atoms with Gasteiger partial charge in [0, 0.05) is 13.1 Å². The first-order chi connectivity index (χ1) is 6.77. The van der Waals surface area contributed by atoms with Gasteiger partial charge in [0.2, 0.25) is 5.91 Å². The van der Waals surface area contributed by atoms with Crippen molar-refractivity contribution in [3.8, 4) is 0 Å². The molecule has 3 heteroatoms. The normalized spacial score (nSPS) is 31.8. The largest absolute Gasteiger partial charge is 0.355 e. The Morgan fingerprint density at radius 3 is 2.86 bits per heavy atom.